The van der Waals surface area contributed by atoms with Crippen LogP contribution in [0.5, 0.6) is 0 Å². The lowest BCUT2D eigenvalue weighted by atomic mass is 9.77. The van der Waals surface area contributed by atoms with E-state index in [1.54, 1.807) is 18.2 Å². The predicted molar refractivity (Wildman–Crippen MR) is 182 cm³/mol. The number of fused-ring (bicyclic) bond motifs is 3. The Balaban J connectivity index is 1.14. The molecule has 0 radical (unpaired) electrons. The van der Waals surface area contributed by atoms with Crippen molar-refractivity contribution in [3.63, 3.8) is 0 Å². The zero-order valence-corrected chi connectivity index (χ0v) is 26.5. The van der Waals surface area contributed by atoms with Crippen LogP contribution < -0.4 is 10.6 Å². The van der Waals surface area contributed by atoms with Gasteiger partial charge in [-0.05, 0) is 40.1 Å². The lowest BCUT2D eigenvalue weighted by Crippen LogP contribution is -2.48. The van der Waals surface area contributed by atoms with Gasteiger partial charge in [0.15, 0.2) is 0 Å². The van der Waals surface area contributed by atoms with Crippen LogP contribution in [0.15, 0.2) is 137 Å². The summed E-state index contributed by atoms with van der Waals surface area (Å²) in [6.45, 7) is -0.586. The number of carbonyl (C=O) groups excluding carboxylic acids is 2. The molecule has 0 bridgehead atoms. The van der Waals surface area contributed by atoms with Crippen molar-refractivity contribution in [2.75, 3.05) is 6.61 Å². The molecule has 6 rings (SSSR count). The van der Waals surface area contributed by atoms with Gasteiger partial charge >= 0.3 is 12.1 Å². The summed E-state index contributed by atoms with van der Waals surface area (Å²) in [5.41, 5.74) is 1.81. The SMILES string of the molecule is O=C(CC[C@H](NC(=O)OCC1=Cc2ccc3ccccc3c2S1(=O)=O)C(=O)O)NC(c1ccccc1)(c1ccccc1)c1ccccc1. The lowest BCUT2D eigenvalue weighted by Gasteiger charge is -2.37. The average Bonchev–Trinajstić information content (AvgIpc) is 3.38. The van der Waals surface area contributed by atoms with Crippen LogP contribution in [0.25, 0.3) is 16.8 Å². The third kappa shape index (κ3) is 6.30. The first-order valence-corrected chi connectivity index (χ1v) is 16.8. The van der Waals surface area contributed by atoms with Crippen molar-refractivity contribution in [3.8, 4) is 0 Å². The smallest absolute Gasteiger partial charge is 0.408 e. The Morgan fingerprint density at radius 3 is 1.83 bits per heavy atom. The highest BCUT2D eigenvalue weighted by molar-refractivity contribution is 7.96. The van der Waals surface area contributed by atoms with Gasteiger partial charge in [0.25, 0.3) is 0 Å². The monoisotopic (exact) mass is 660 g/mol. The number of carboxylic acid groups (broad SMARTS) is 1. The Morgan fingerprint density at radius 2 is 1.27 bits per heavy atom. The number of hydrogen-bond acceptors (Lipinski definition) is 6. The first-order valence-electron chi connectivity index (χ1n) is 15.3. The van der Waals surface area contributed by atoms with Gasteiger partial charge in [0, 0.05) is 11.8 Å². The van der Waals surface area contributed by atoms with Crippen molar-refractivity contribution in [2.24, 2.45) is 0 Å². The molecule has 0 saturated carbocycles. The predicted octanol–water partition coefficient (Wildman–Crippen LogP) is 6.04. The molecule has 0 fully saturated rings. The molecule has 1 heterocycles. The fourth-order valence-corrected chi connectivity index (χ4v) is 7.75. The van der Waals surface area contributed by atoms with Crippen LogP contribution in [-0.4, -0.2) is 44.1 Å². The highest BCUT2D eigenvalue weighted by Gasteiger charge is 2.38. The van der Waals surface area contributed by atoms with E-state index < -0.39 is 46.0 Å². The minimum absolute atomic E-state index is 0.116. The highest BCUT2D eigenvalue weighted by atomic mass is 32.2. The van der Waals surface area contributed by atoms with E-state index in [0.717, 1.165) is 22.1 Å². The molecule has 0 unspecified atom stereocenters. The molecule has 0 aliphatic carbocycles. The molecular weight excluding hydrogens is 628 g/mol. The van der Waals surface area contributed by atoms with Crippen LogP contribution in [0.1, 0.15) is 35.1 Å². The Kier molecular flexibility index (Phi) is 9.09. The van der Waals surface area contributed by atoms with Crippen molar-refractivity contribution in [1.29, 1.82) is 0 Å². The van der Waals surface area contributed by atoms with Crippen molar-refractivity contribution in [2.45, 2.75) is 29.3 Å². The van der Waals surface area contributed by atoms with Gasteiger partial charge in [0.2, 0.25) is 15.7 Å². The molecule has 5 aromatic rings. The summed E-state index contributed by atoms with van der Waals surface area (Å²) < 4.78 is 31.8. The van der Waals surface area contributed by atoms with Gasteiger partial charge in [-0.15, -0.1) is 0 Å². The maximum absolute atomic E-state index is 13.6. The van der Waals surface area contributed by atoms with Gasteiger partial charge in [-0.1, -0.05) is 127 Å². The van der Waals surface area contributed by atoms with E-state index in [1.807, 2.05) is 109 Å². The van der Waals surface area contributed by atoms with Gasteiger partial charge in [-0.3, -0.25) is 4.79 Å². The van der Waals surface area contributed by atoms with E-state index in [-0.39, 0.29) is 22.6 Å². The van der Waals surface area contributed by atoms with E-state index in [4.69, 9.17) is 4.74 Å². The minimum atomic E-state index is -3.93. The average molecular weight is 661 g/mol. The summed E-state index contributed by atoms with van der Waals surface area (Å²) in [6, 6.07) is 37.5. The first kappa shape index (κ1) is 32.2. The molecule has 1 aliphatic heterocycles. The van der Waals surface area contributed by atoms with Gasteiger partial charge in [-0.2, -0.15) is 0 Å². The number of sulfone groups is 1. The van der Waals surface area contributed by atoms with Crippen LogP contribution in [0.4, 0.5) is 4.79 Å². The molecule has 242 valence electrons. The van der Waals surface area contributed by atoms with E-state index in [0.29, 0.717) is 10.9 Å². The Bertz CT molecular complexity index is 2020. The summed E-state index contributed by atoms with van der Waals surface area (Å²) in [5, 5.41) is 16.6. The zero-order chi connectivity index (χ0) is 33.7. The van der Waals surface area contributed by atoms with E-state index in [9.17, 15) is 27.9 Å². The fourth-order valence-electron chi connectivity index (χ4n) is 6.08. The third-order valence-electron chi connectivity index (χ3n) is 8.38. The Hall–Kier alpha value is -5.74. The molecule has 5 aromatic carbocycles. The molecule has 48 heavy (non-hydrogen) atoms. The summed E-state index contributed by atoms with van der Waals surface area (Å²) in [7, 11) is -3.93. The van der Waals surface area contributed by atoms with E-state index in [1.165, 1.54) is 6.08 Å². The van der Waals surface area contributed by atoms with Crippen LogP contribution >= 0.6 is 0 Å². The molecule has 10 heteroatoms. The second-order valence-electron chi connectivity index (χ2n) is 11.4. The number of ether oxygens (including phenoxy) is 1. The summed E-state index contributed by atoms with van der Waals surface area (Å²) >= 11 is 0. The number of hydrogen-bond donors (Lipinski definition) is 3. The molecule has 0 aromatic heterocycles. The Labute approximate surface area is 277 Å². The third-order valence-corrected chi connectivity index (χ3v) is 10.3. The molecule has 1 atom stereocenters. The highest BCUT2D eigenvalue weighted by Crippen LogP contribution is 2.39. The molecule has 1 aliphatic rings. The quantitative estimate of drug-likeness (QED) is 0.147. The number of benzene rings is 5. The molecule has 0 saturated heterocycles. The number of aliphatic carboxylic acids is 1. The number of carbonyl (C=O) groups is 3. The number of nitrogens with one attached hydrogen (secondary N) is 2. The molecule has 0 spiro atoms. The summed E-state index contributed by atoms with van der Waals surface area (Å²) in [6.07, 6.45) is -0.162. The number of carboxylic acids is 1. The van der Waals surface area contributed by atoms with Crippen molar-refractivity contribution >= 4 is 44.7 Å². The molecule has 3 N–H and O–H groups in total. The minimum Gasteiger partial charge on any atom is -0.480 e. The van der Waals surface area contributed by atoms with E-state index >= 15 is 0 Å². The topological polar surface area (TPSA) is 139 Å². The van der Waals surface area contributed by atoms with Gasteiger partial charge in [0.05, 0.1) is 9.80 Å². The van der Waals surface area contributed by atoms with Crippen molar-refractivity contribution in [3.05, 3.63) is 155 Å². The van der Waals surface area contributed by atoms with Crippen LogP contribution in [-0.2, 0) is 29.7 Å². The van der Waals surface area contributed by atoms with Crippen molar-refractivity contribution < 1.29 is 32.6 Å². The normalized spacial score (nSPS) is 14.0. The zero-order valence-electron chi connectivity index (χ0n) is 25.7. The second-order valence-corrected chi connectivity index (χ2v) is 13.3. The van der Waals surface area contributed by atoms with E-state index in [2.05, 4.69) is 10.6 Å². The number of rotatable bonds is 11. The van der Waals surface area contributed by atoms with Crippen molar-refractivity contribution in [1.82, 2.24) is 10.6 Å². The maximum atomic E-state index is 13.6. The summed E-state index contributed by atoms with van der Waals surface area (Å²) in [5.74, 6) is -1.81. The fraction of sp³-hybridized carbons (Fsp3) is 0.132. The molecule has 9 nitrogen and oxygen atoms in total. The lowest BCUT2D eigenvalue weighted by molar-refractivity contribution is -0.139. The van der Waals surface area contributed by atoms with Gasteiger partial charge in [0.1, 0.15) is 18.2 Å². The first-order chi connectivity index (χ1) is 23.2. The van der Waals surface area contributed by atoms with Crippen LogP contribution in [0, 0.1) is 0 Å². The Morgan fingerprint density at radius 1 is 0.729 bits per heavy atom. The van der Waals surface area contributed by atoms with Gasteiger partial charge < -0.3 is 20.5 Å². The van der Waals surface area contributed by atoms with Gasteiger partial charge in [-0.25, -0.2) is 18.0 Å². The summed E-state index contributed by atoms with van der Waals surface area (Å²) in [4.78, 5) is 38.5. The maximum Gasteiger partial charge on any atom is 0.408 e. The standard InChI is InChI=1S/C38H32N2O7S/c41-34(40-38(28-13-4-1-5-14-28,29-15-6-2-7-16-29)30-17-8-3-9-18-30)23-22-33(36(42)43)39-37(44)47-25-31-24-27-21-20-26-12-10-11-19-32(26)35(27)48(31,45)46/h1-21,24,33H,22-23,25H2,(H,39,44)(H,40,41)(H,42,43)/t33-/m0/s1. The second kappa shape index (κ2) is 13.5. The number of amides is 2. The largest absolute Gasteiger partial charge is 0.480 e. The number of alkyl carbamates (subject to hydrolysis) is 1. The van der Waals surface area contributed by atoms with Crippen LogP contribution in [0.3, 0.4) is 0 Å². The molecule has 2 amide bonds. The molecular formula is C38H32N2O7S. The van der Waals surface area contributed by atoms with Crippen LogP contribution in [0.2, 0.25) is 0 Å².